The van der Waals surface area contributed by atoms with E-state index in [4.69, 9.17) is 4.74 Å². The van der Waals surface area contributed by atoms with Crippen LogP contribution in [0.15, 0.2) is 27.7 Å². The van der Waals surface area contributed by atoms with E-state index in [1.807, 2.05) is 6.92 Å². The van der Waals surface area contributed by atoms with Crippen molar-refractivity contribution in [2.24, 2.45) is 0 Å². The molecule has 5 nitrogen and oxygen atoms in total. The molecule has 0 aromatic carbocycles. The van der Waals surface area contributed by atoms with Gasteiger partial charge in [0.25, 0.3) is 0 Å². The normalized spacial score (nSPS) is 10.3. The molecule has 0 aliphatic rings. The number of hydrogen-bond acceptors (Lipinski definition) is 7. The highest BCUT2D eigenvalue weighted by Gasteiger charge is 2.08. The number of aromatic nitrogens is 3. The molecule has 18 heavy (non-hydrogen) atoms. The molecule has 2 aromatic rings. The number of rotatable bonds is 4. The molecule has 0 aliphatic heterocycles. The largest absolute Gasteiger partial charge is 0.462 e. The van der Waals surface area contributed by atoms with Crippen LogP contribution in [0.2, 0.25) is 0 Å². The topological polar surface area (TPSA) is 65.0 Å². The predicted octanol–water partition coefficient (Wildman–Crippen LogP) is 2.57. The van der Waals surface area contributed by atoms with Gasteiger partial charge < -0.3 is 4.74 Å². The molecule has 2 heterocycles. The molecule has 0 aliphatic carbocycles. The maximum Gasteiger partial charge on any atom is 0.339 e. The average Bonchev–Trinajstić information content (AvgIpc) is 2.76. The summed E-state index contributed by atoms with van der Waals surface area (Å²) >= 11 is 2.93. The van der Waals surface area contributed by atoms with Crippen molar-refractivity contribution >= 4 is 29.1 Å². The van der Waals surface area contributed by atoms with Gasteiger partial charge in [0.2, 0.25) is 0 Å². The zero-order chi connectivity index (χ0) is 13.0. The van der Waals surface area contributed by atoms with Crippen molar-refractivity contribution in [2.75, 3.05) is 6.61 Å². The van der Waals surface area contributed by atoms with Gasteiger partial charge in [-0.05, 0) is 37.7 Å². The van der Waals surface area contributed by atoms with E-state index in [0.717, 1.165) is 14.4 Å². The van der Waals surface area contributed by atoms with Crippen LogP contribution in [-0.4, -0.2) is 27.8 Å². The van der Waals surface area contributed by atoms with Crippen LogP contribution < -0.4 is 0 Å². The van der Waals surface area contributed by atoms with Gasteiger partial charge in [-0.3, -0.25) is 0 Å². The summed E-state index contributed by atoms with van der Waals surface area (Å²) in [5.74, 6) is -0.353. The van der Waals surface area contributed by atoms with Gasteiger partial charge in [-0.1, -0.05) is 11.3 Å². The van der Waals surface area contributed by atoms with E-state index in [2.05, 4.69) is 15.2 Å². The SMILES string of the molecule is CCOC(=O)c1ccc(Sc2nnc(C)s2)nc1. The second kappa shape index (κ2) is 5.92. The Morgan fingerprint density at radius 3 is 2.83 bits per heavy atom. The van der Waals surface area contributed by atoms with Gasteiger partial charge in [0, 0.05) is 6.20 Å². The molecule has 2 rings (SSSR count). The molecule has 2 aromatic heterocycles. The number of ether oxygens (including phenoxy) is 1. The van der Waals surface area contributed by atoms with Gasteiger partial charge in [-0.2, -0.15) is 0 Å². The fourth-order valence-electron chi connectivity index (χ4n) is 1.18. The number of hydrogen-bond donors (Lipinski definition) is 0. The second-order valence-electron chi connectivity index (χ2n) is 3.29. The number of esters is 1. The van der Waals surface area contributed by atoms with Crippen molar-refractivity contribution in [3.8, 4) is 0 Å². The van der Waals surface area contributed by atoms with Gasteiger partial charge in [0.1, 0.15) is 10.0 Å². The summed E-state index contributed by atoms with van der Waals surface area (Å²) < 4.78 is 5.72. The fourth-order valence-corrected chi connectivity index (χ4v) is 2.89. The lowest BCUT2D eigenvalue weighted by Crippen LogP contribution is -2.04. The van der Waals surface area contributed by atoms with Crippen LogP contribution in [-0.2, 0) is 4.74 Å². The summed E-state index contributed by atoms with van der Waals surface area (Å²) in [5, 5.41) is 9.62. The van der Waals surface area contributed by atoms with Crippen molar-refractivity contribution in [1.29, 1.82) is 0 Å². The average molecular weight is 281 g/mol. The van der Waals surface area contributed by atoms with E-state index in [9.17, 15) is 4.79 Å². The highest BCUT2D eigenvalue weighted by Crippen LogP contribution is 2.28. The van der Waals surface area contributed by atoms with E-state index in [1.165, 1.54) is 29.3 Å². The first-order chi connectivity index (χ1) is 8.69. The van der Waals surface area contributed by atoms with Crippen LogP contribution in [0.1, 0.15) is 22.3 Å². The molecule has 0 fully saturated rings. The first-order valence-corrected chi connectivity index (χ1v) is 6.93. The molecule has 0 amide bonds. The van der Waals surface area contributed by atoms with Crippen LogP contribution in [0.3, 0.4) is 0 Å². The molecule has 0 bridgehead atoms. The maximum atomic E-state index is 11.4. The third-order valence-electron chi connectivity index (χ3n) is 1.95. The van der Waals surface area contributed by atoms with Crippen LogP contribution in [0.5, 0.6) is 0 Å². The van der Waals surface area contributed by atoms with Crippen LogP contribution >= 0.6 is 23.1 Å². The number of carbonyl (C=O) groups is 1. The number of nitrogens with zero attached hydrogens (tertiary/aromatic N) is 3. The standard InChI is InChI=1S/C11H11N3O2S2/c1-3-16-10(15)8-4-5-9(12-6-8)18-11-14-13-7(2)17-11/h4-6H,3H2,1-2H3. The minimum absolute atomic E-state index is 0.353. The molecule has 0 spiro atoms. The Bertz CT molecular complexity index is 539. The van der Waals surface area contributed by atoms with Gasteiger partial charge in [-0.25, -0.2) is 9.78 Å². The smallest absolute Gasteiger partial charge is 0.339 e. The number of carbonyl (C=O) groups excluding carboxylic acids is 1. The van der Waals surface area contributed by atoms with Crippen molar-refractivity contribution in [2.45, 2.75) is 23.2 Å². The fraction of sp³-hybridized carbons (Fsp3) is 0.273. The lowest BCUT2D eigenvalue weighted by Gasteiger charge is -2.01. The lowest BCUT2D eigenvalue weighted by molar-refractivity contribution is 0.0525. The zero-order valence-corrected chi connectivity index (χ0v) is 11.5. The van der Waals surface area contributed by atoms with Crippen molar-refractivity contribution in [3.63, 3.8) is 0 Å². The van der Waals surface area contributed by atoms with Crippen molar-refractivity contribution in [1.82, 2.24) is 15.2 Å². The summed E-state index contributed by atoms with van der Waals surface area (Å²) in [5.41, 5.74) is 0.453. The van der Waals surface area contributed by atoms with Gasteiger partial charge in [0.05, 0.1) is 12.2 Å². The summed E-state index contributed by atoms with van der Waals surface area (Å²) in [6.07, 6.45) is 1.51. The first-order valence-electron chi connectivity index (χ1n) is 5.30. The zero-order valence-electron chi connectivity index (χ0n) is 9.91. The Balaban J connectivity index is 2.05. The predicted molar refractivity (Wildman–Crippen MR) is 69.0 cm³/mol. The summed E-state index contributed by atoms with van der Waals surface area (Å²) in [6, 6.07) is 3.47. The van der Waals surface area contributed by atoms with Gasteiger partial charge >= 0.3 is 5.97 Å². The number of aryl methyl sites for hydroxylation is 1. The Morgan fingerprint density at radius 1 is 1.44 bits per heavy atom. The van der Waals surface area contributed by atoms with Gasteiger partial charge in [-0.15, -0.1) is 10.2 Å². The molecular formula is C11H11N3O2S2. The molecule has 0 saturated heterocycles. The maximum absolute atomic E-state index is 11.4. The molecular weight excluding hydrogens is 270 g/mol. The number of pyridine rings is 1. The van der Waals surface area contributed by atoms with Crippen LogP contribution in [0.25, 0.3) is 0 Å². The Hall–Kier alpha value is -1.47. The summed E-state index contributed by atoms with van der Waals surface area (Å²) in [6.45, 7) is 4.03. The van der Waals surface area contributed by atoms with Crippen molar-refractivity contribution in [3.05, 3.63) is 28.9 Å². The molecule has 0 N–H and O–H groups in total. The minimum atomic E-state index is -0.353. The molecule has 0 radical (unpaired) electrons. The second-order valence-corrected chi connectivity index (χ2v) is 5.74. The highest BCUT2D eigenvalue weighted by atomic mass is 32.2. The molecule has 0 unspecified atom stereocenters. The quantitative estimate of drug-likeness (QED) is 0.802. The van der Waals surface area contributed by atoms with E-state index >= 15 is 0 Å². The Morgan fingerprint density at radius 2 is 2.28 bits per heavy atom. The molecule has 7 heteroatoms. The monoisotopic (exact) mass is 281 g/mol. The van der Waals surface area contributed by atoms with E-state index in [1.54, 1.807) is 19.1 Å². The van der Waals surface area contributed by atoms with E-state index < -0.39 is 0 Å². The van der Waals surface area contributed by atoms with E-state index in [-0.39, 0.29) is 5.97 Å². The third-order valence-corrected chi connectivity index (χ3v) is 3.79. The lowest BCUT2D eigenvalue weighted by atomic mass is 10.3. The minimum Gasteiger partial charge on any atom is -0.462 e. The highest BCUT2D eigenvalue weighted by molar-refractivity contribution is 8.01. The van der Waals surface area contributed by atoms with Crippen LogP contribution in [0.4, 0.5) is 0 Å². The molecule has 0 atom stereocenters. The Kier molecular flexibility index (Phi) is 4.27. The van der Waals surface area contributed by atoms with Crippen molar-refractivity contribution < 1.29 is 9.53 Å². The van der Waals surface area contributed by atoms with Crippen LogP contribution in [0, 0.1) is 6.92 Å². The van der Waals surface area contributed by atoms with E-state index in [0.29, 0.717) is 12.2 Å². The first kappa shape index (κ1) is 13.0. The summed E-state index contributed by atoms with van der Waals surface area (Å²) in [7, 11) is 0. The van der Waals surface area contributed by atoms with Gasteiger partial charge in [0.15, 0.2) is 4.34 Å². The molecule has 94 valence electrons. The Labute approximate surface area is 113 Å². The third kappa shape index (κ3) is 3.27. The molecule has 0 saturated carbocycles. The summed E-state index contributed by atoms with van der Waals surface area (Å²) in [4.78, 5) is 15.6.